The van der Waals surface area contributed by atoms with Gasteiger partial charge < -0.3 is 14.5 Å². The third kappa shape index (κ3) is 3.96. The zero-order chi connectivity index (χ0) is 15.4. The molecule has 0 aromatic rings. The number of amides is 1. The number of nitrogens with one attached hydrogen (secondary N) is 1. The van der Waals surface area contributed by atoms with E-state index in [9.17, 15) is 4.79 Å². The number of rotatable bonds is 6. The molecule has 4 atom stereocenters. The Morgan fingerprint density at radius 1 is 1.43 bits per heavy atom. The van der Waals surface area contributed by atoms with Crippen LogP contribution in [-0.2, 0) is 9.53 Å². The number of carbonyl (C=O) groups is 1. The van der Waals surface area contributed by atoms with Crippen LogP contribution in [0.15, 0.2) is 0 Å². The Morgan fingerprint density at radius 3 is 2.81 bits per heavy atom. The van der Waals surface area contributed by atoms with E-state index in [0.717, 1.165) is 39.0 Å². The Balaban J connectivity index is 2.01. The van der Waals surface area contributed by atoms with Crippen LogP contribution in [0.4, 0.5) is 0 Å². The molecule has 5 nitrogen and oxygen atoms in total. The molecule has 2 aliphatic heterocycles. The SMILES string of the molecule is CCCC1NC(C(C)CC)C(=O)N1CC1CN(C)CCO1. The van der Waals surface area contributed by atoms with Crippen LogP contribution in [0.25, 0.3) is 0 Å². The number of nitrogens with zero attached hydrogens (tertiary/aromatic N) is 2. The maximum atomic E-state index is 12.7. The fraction of sp³-hybridized carbons (Fsp3) is 0.938. The second-order valence-corrected chi connectivity index (χ2v) is 6.58. The van der Waals surface area contributed by atoms with Gasteiger partial charge in [-0.05, 0) is 19.4 Å². The van der Waals surface area contributed by atoms with Gasteiger partial charge in [0.05, 0.1) is 24.9 Å². The number of morpholine rings is 1. The van der Waals surface area contributed by atoms with Crippen molar-refractivity contribution in [2.45, 2.75) is 58.3 Å². The van der Waals surface area contributed by atoms with Gasteiger partial charge in [-0.2, -0.15) is 0 Å². The molecule has 0 aromatic carbocycles. The molecule has 5 heteroatoms. The second-order valence-electron chi connectivity index (χ2n) is 6.58. The molecule has 2 fully saturated rings. The van der Waals surface area contributed by atoms with Crippen LogP contribution in [0.3, 0.4) is 0 Å². The van der Waals surface area contributed by atoms with Gasteiger partial charge >= 0.3 is 0 Å². The topological polar surface area (TPSA) is 44.8 Å². The molecule has 0 saturated carbocycles. The van der Waals surface area contributed by atoms with E-state index in [2.05, 4.69) is 38.0 Å². The molecule has 2 saturated heterocycles. The summed E-state index contributed by atoms with van der Waals surface area (Å²) >= 11 is 0. The normalized spacial score (nSPS) is 32.7. The summed E-state index contributed by atoms with van der Waals surface area (Å²) in [6, 6.07) is -0.0205. The molecule has 0 radical (unpaired) electrons. The minimum atomic E-state index is -0.0205. The minimum Gasteiger partial charge on any atom is -0.374 e. The van der Waals surface area contributed by atoms with Gasteiger partial charge in [-0.1, -0.05) is 33.6 Å². The van der Waals surface area contributed by atoms with Gasteiger partial charge in [-0.3, -0.25) is 10.1 Å². The summed E-state index contributed by atoms with van der Waals surface area (Å²) in [6.07, 6.45) is 3.45. The van der Waals surface area contributed by atoms with Gasteiger partial charge in [-0.15, -0.1) is 0 Å². The molecular weight excluding hydrogens is 266 g/mol. The van der Waals surface area contributed by atoms with Gasteiger partial charge in [0, 0.05) is 19.6 Å². The van der Waals surface area contributed by atoms with E-state index in [1.807, 2.05) is 4.90 Å². The van der Waals surface area contributed by atoms with Crippen molar-refractivity contribution in [3.8, 4) is 0 Å². The van der Waals surface area contributed by atoms with Gasteiger partial charge in [0.15, 0.2) is 0 Å². The van der Waals surface area contributed by atoms with Gasteiger partial charge in [0.1, 0.15) is 0 Å². The Morgan fingerprint density at radius 2 is 2.19 bits per heavy atom. The number of carbonyl (C=O) groups excluding carboxylic acids is 1. The summed E-state index contributed by atoms with van der Waals surface area (Å²) in [5, 5.41) is 3.55. The monoisotopic (exact) mass is 297 g/mol. The quantitative estimate of drug-likeness (QED) is 0.802. The summed E-state index contributed by atoms with van der Waals surface area (Å²) in [5.74, 6) is 0.649. The minimum absolute atomic E-state index is 0.0205. The summed E-state index contributed by atoms with van der Waals surface area (Å²) in [4.78, 5) is 17.1. The molecule has 0 aliphatic carbocycles. The highest BCUT2D eigenvalue weighted by Gasteiger charge is 2.41. The first kappa shape index (κ1) is 16.7. The molecule has 0 bridgehead atoms. The van der Waals surface area contributed by atoms with E-state index in [-0.39, 0.29) is 24.2 Å². The van der Waals surface area contributed by atoms with E-state index < -0.39 is 0 Å². The predicted octanol–water partition coefficient (Wildman–Crippen LogP) is 1.29. The Labute approximate surface area is 129 Å². The molecule has 1 N–H and O–H groups in total. The van der Waals surface area contributed by atoms with Crippen LogP contribution in [0, 0.1) is 5.92 Å². The van der Waals surface area contributed by atoms with Crippen molar-refractivity contribution in [3.05, 3.63) is 0 Å². The van der Waals surface area contributed by atoms with Crippen molar-refractivity contribution >= 4 is 5.91 Å². The van der Waals surface area contributed by atoms with Gasteiger partial charge in [-0.25, -0.2) is 0 Å². The summed E-state index contributed by atoms with van der Waals surface area (Å²) in [7, 11) is 2.12. The third-order valence-corrected chi connectivity index (χ3v) is 4.81. The van der Waals surface area contributed by atoms with Crippen LogP contribution in [0.1, 0.15) is 40.0 Å². The third-order valence-electron chi connectivity index (χ3n) is 4.81. The lowest BCUT2D eigenvalue weighted by atomic mass is 9.99. The highest BCUT2D eigenvalue weighted by Crippen LogP contribution is 2.22. The largest absolute Gasteiger partial charge is 0.374 e. The average Bonchev–Trinajstić information content (AvgIpc) is 2.76. The van der Waals surface area contributed by atoms with Crippen LogP contribution in [-0.4, -0.2) is 67.3 Å². The average molecular weight is 297 g/mol. The number of ether oxygens (including phenoxy) is 1. The van der Waals surface area contributed by atoms with Crippen molar-refractivity contribution < 1.29 is 9.53 Å². The lowest BCUT2D eigenvalue weighted by molar-refractivity contribution is -0.134. The Kier molecular flexibility index (Phi) is 6.02. The van der Waals surface area contributed by atoms with Crippen molar-refractivity contribution in [2.75, 3.05) is 33.3 Å². The van der Waals surface area contributed by atoms with E-state index in [4.69, 9.17) is 4.74 Å². The lowest BCUT2D eigenvalue weighted by Crippen LogP contribution is -2.49. The fourth-order valence-corrected chi connectivity index (χ4v) is 3.27. The van der Waals surface area contributed by atoms with Crippen molar-refractivity contribution in [1.82, 2.24) is 15.1 Å². The first-order valence-electron chi connectivity index (χ1n) is 8.43. The fourth-order valence-electron chi connectivity index (χ4n) is 3.27. The second kappa shape index (κ2) is 7.56. The molecule has 21 heavy (non-hydrogen) atoms. The van der Waals surface area contributed by atoms with Crippen LogP contribution in [0.2, 0.25) is 0 Å². The zero-order valence-corrected chi connectivity index (χ0v) is 14.0. The lowest BCUT2D eigenvalue weighted by Gasteiger charge is -2.34. The molecule has 0 spiro atoms. The van der Waals surface area contributed by atoms with Crippen LogP contribution < -0.4 is 5.32 Å². The molecule has 1 amide bonds. The number of hydrogen-bond donors (Lipinski definition) is 1. The molecule has 2 aliphatic rings. The van der Waals surface area contributed by atoms with E-state index >= 15 is 0 Å². The zero-order valence-electron chi connectivity index (χ0n) is 14.0. The smallest absolute Gasteiger partial charge is 0.241 e. The van der Waals surface area contributed by atoms with Crippen molar-refractivity contribution in [1.29, 1.82) is 0 Å². The number of hydrogen-bond acceptors (Lipinski definition) is 4. The molecule has 2 rings (SSSR count). The van der Waals surface area contributed by atoms with Gasteiger partial charge in [0.25, 0.3) is 0 Å². The summed E-state index contributed by atoms with van der Waals surface area (Å²) in [6.45, 7) is 9.86. The highest BCUT2D eigenvalue weighted by molar-refractivity contribution is 5.84. The Hall–Kier alpha value is -0.650. The standard InChI is InChI=1S/C16H31N3O2/c1-5-7-14-17-15(12(3)6-2)16(20)19(14)11-13-10-18(4)8-9-21-13/h12-15,17H,5-11H2,1-4H3. The number of likely N-dealkylation sites (N-methyl/N-ethyl adjacent to an activating group) is 1. The molecule has 122 valence electrons. The predicted molar refractivity (Wildman–Crippen MR) is 84.0 cm³/mol. The first-order chi connectivity index (χ1) is 10.1. The van der Waals surface area contributed by atoms with E-state index in [1.165, 1.54) is 0 Å². The summed E-state index contributed by atoms with van der Waals surface area (Å²) in [5.41, 5.74) is 0. The van der Waals surface area contributed by atoms with Gasteiger partial charge in [0.2, 0.25) is 5.91 Å². The van der Waals surface area contributed by atoms with Crippen molar-refractivity contribution in [2.24, 2.45) is 5.92 Å². The Bertz CT molecular complexity index is 350. The molecule has 4 unspecified atom stereocenters. The maximum absolute atomic E-state index is 12.7. The van der Waals surface area contributed by atoms with E-state index in [1.54, 1.807) is 0 Å². The van der Waals surface area contributed by atoms with Crippen LogP contribution in [0.5, 0.6) is 0 Å². The van der Waals surface area contributed by atoms with E-state index in [0.29, 0.717) is 12.5 Å². The molecular formula is C16H31N3O2. The molecule has 2 heterocycles. The first-order valence-corrected chi connectivity index (χ1v) is 8.43. The maximum Gasteiger partial charge on any atom is 0.241 e. The summed E-state index contributed by atoms with van der Waals surface area (Å²) < 4.78 is 5.84. The molecule has 0 aromatic heterocycles. The van der Waals surface area contributed by atoms with Crippen molar-refractivity contribution in [3.63, 3.8) is 0 Å². The highest BCUT2D eigenvalue weighted by atomic mass is 16.5. The van der Waals surface area contributed by atoms with Crippen LogP contribution >= 0.6 is 0 Å².